The Morgan fingerprint density at radius 3 is 2.74 bits per heavy atom. The molecular formula is C26H35N3O5. The van der Waals surface area contributed by atoms with Crippen molar-refractivity contribution in [2.24, 2.45) is 4.99 Å². The summed E-state index contributed by atoms with van der Waals surface area (Å²) < 4.78 is 18.1. The van der Waals surface area contributed by atoms with Gasteiger partial charge in [-0.15, -0.1) is 0 Å². The molecule has 0 radical (unpaired) electrons. The van der Waals surface area contributed by atoms with E-state index in [1.165, 1.54) is 5.56 Å². The smallest absolute Gasteiger partial charge is 0.276 e. The first kappa shape index (κ1) is 23.5. The maximum Gasteiger partial charge on any atom is 0.276 e. The van der Waals surface area contributed by atoms with Crippen molar-refractivity contribution >= 4 is 17.5 Å². The van der Waals surface area contributed by atoms with Crippen molar-refractivity contribution < 1.29 is 23.8 Å². The molecule has 8 heteroatoms. The summed E-state index contributed by atoms with van der Waals surface area (Å²) in [6, 6.07) is 7.74. The number of ether oxygens (including phenoxy) is 3. The second-order valence-electron chi connectivity index (χ2n) is 9.90. The van der Waals surface area contributed by atoms with Crippen LogP contribution in [-0.4, -0.2) is 92.1 Å². The molecule has 1 saturated carbocycles. The van der Waals surface area contributed by atoms with Gasteiger partial charge in [-0.25, -0.2) is 4.99 Å². The molecule has 0 aromatic heterocycles. The zero-order chi connectivity index (χ0) is 23.5. The van der Waals surface area contributed by atoms with E-state index in [2.05, 4.69) is 16.0 Å². The third-order valence-corrected chi connectivity index (χ3v) is 7.59. The Labute approximate surface area is 201 Å². The molecule has 34 heavy (non-hydrogen) atoms. The van der Waals surface area contributed by atoms with Crippen LogP contribution in [0.4, 0.5) is 0 Å². The lowest BCUT2D eigenvalue weighted by Crippen LogP contribution is -2.53. The minimum atomic E-state index is -0.553. The van der Waals surface area contributed by atoms with E-state index < -0.39 is 6.10 Å². The van der Waals surface area contributed by atoms with Gasteiger partial charge in [0.15, 0.2) is 12.7 Å². The van der Waals surface area contributed by atoms with E-state index in [1.54, 1.807) is 4.90 Å². The van der Waals surface area contributed by atoms with Crippen molar-refractivity contribution in [1.82, 2.24) is 9.80 Å². The third-order valence-electron chi connectivity index (χ3n) is 7.59. The summed E-state index contributed by atoms with van der Waals surface area (Å²) >= 11 is 0. The molecule has 0 unspecified atom stereocenters. The second kappa shape index (κ2) is 10.5. The molecule has 4 heterocycles. The van der Waals surface area contributed by atoms with Crippen LogP contribution in [0.3, 0.4) is 0 Å². The lowest BCUT2D eigenvalue weighted by atomic mass is 9.82. The first-order chi connectivity index (χ1) is 16.6. The van der Waals surface area contributed by atoms with Gasteiger partial charge >= 0.3 is 0 Å². The predicted molar refractivity (Wildman–Crippen MR) is 127 cm³/mol. The highest BCUT2D eigenvalue weighted by Crippen LogP contribution is 2.38. The van der Waals surface area contributed by atoms with Gasteiger partial charge in [-0.3, -0.25) is 9.59 Å². The third kappa shape index (κ3) is 5.19. The van der Waals surface area contributed by atoms with Crippen molar-refractivity contribution in [3.05, 3.63) is 29.8 Å². The van der Waals surface area contributed by atoms with Crippen molar-refractivity contribution in [2.75, 3.05) is 46.5 Å². The Morgan fingerprint density at radius 1 is 1.09 bits per heavy atom. The van der Waals surface area contributed by atoms with Gasteiger partial charge in [0.1, 0.15) is 5.75 Å². The molecule has 184 valence electrons. The highest BCUT2D eigenvalue weighted by molar-refractivity contribution is 6.02. The zero-order valence-corrected chi connectivity index (χ0v) is 20.0. The van der Waals surface area contributed by atoms with Gasteiger partial charge in [-0.05, 0) is 63.1 Å². The van der Waals surface area contributed by atoms with E-state index in [-0.39, 0.29) is 30.6 Å². The Balaban J connectivity index is 1.39. The van der Waals surface area contributed by atoms with Crippen molar-refractivity contribution in [1.29, 1.82) is 0 Å². The molecule has 2 bridgehead atoms. The molecule has 4 aliphatic heterocycles. The molecule has 0 N–H and O–H groups in total. The van der Waals surface area contributed by atoms with Crippen LogP contribution in [0.5, 0.6) is 5.75 Å². The number of carbonyl (C=O) groups is 2. The van der Waals surface area contributed by atoms with Gasteiger partial charge in [0, 0.05) is 25.3 Å². The van der Waals surface area contributed by atoms with Crippen LogP contribution in [0.1, 0.15) is 50.0 Å². The molecule has 2 atom stereocenters. The number of likely N-dealkylation sites (N-methyl/N-ethyl adjacent to an activating group) is 1. The van der Waals surface area contributed by atoms with Crippen LogP contribution in [-0.2, 0) is 19.1 Å². The number of para-hydroxylation sites is 1. The number of benzene rings is 1. The monoisotopic (exact) mass is 469 g/mol. The van der Waals surface area contributed by atoms with Crippen LogP contribution in [0.15, 0.2) is 29.3 Å². The van der Waals surface area contributed by atoms with Crippen molar-refractivity contribution in [2.45, 2.75) is 62.7 Å². The van der Waals surface area contributed by atoms with Gasteiger partial charge in [0.2, 0.25) is 0 Å². The van der Waals surface area contributed by atoms with Crippen LogP contribution in [0.2, 0.25) is 0 Å². The number of rotatable bonds is 1. The van der Waals surface area contributed by atoms with E-state index in [1.807, 2.05) is 25.2 Å². The number of hydrogen-bond acceptors (Lipinski definition) is 6. The largest absolute Gasteiger partial charge is 0.483 e. The average Bonchev–Trinajstić information content (AvgIpc) is 2.88. The van der Waals surface area contributed by atoms with E-state index >= 15 is 0 Å². The number of aliphatic imine (C=N–C) groups is 1. The average molecular weight is 470 g/mol. The van der Waals surface area contributed by atoms with Crippen molar-refractivity contribution in [3.63, 3.8) is 0 Å². The molecule has 8 nitrogen and oxygen atoms in total. The summed E-state index contributed by atoms with van der Waals surface area (Å²) in [7, 11) is 1.98. The Kier molecular flexibility index (Phi) is 7.27. The van der Waals surface area contributed by atoms with Crippen LogP contribution in [0, 0.1) is 0 Å². The summed E-state index contributed by atoms with van der Waals surface area (Å²) in [4.78, 5) is 34.6. The summed E-state index contributed by atoms with van der Waals surface area (Å²) in [5, 5.41) is 0. The minimum Gasteiger partial charge on any atom is -0.483 e. The molecule has 0 spiro atoms. The maximum absolute atomic E-state index is 13.3. The predicted octanol–water partition coefficient (Wildman–Crippen LogP) is 2.41. The Hall–Kier alpha value is -2.29. The summed E-state index contributed by atoms with van der Waals surface area (Å²) in [5.74, 6) is 0.876. The highest BCUT2D eigenvalue weighted by atomic mass is 16.5. The molecule has 5 aliphatic rings. The lowest BCUT2D eigenvalue weighted by molar-refractivity contribution is -0.137. The molecule has 1 aromatic carbocycles. The van der Waals surface area contributed by atoms with E-state index in [0.29, 0.717) is 38.6 Å². The standard InChI is InChI=1S/C26H35N3O5/c1-28-13-14-32-24(15-28)26(31)27-21-6-4-12-29-22(21)16-33-19-10-8-18(9-11-19)20-5-2-3-7-23(20)34-17-25(29)30/h2-3,5,7,18-19,22,24H,4,6,8-17H2,1H3/t18?,19?,22-,24-/m0/s1. The first-order valence-electron chi connectivity index (χ1n) is 12.6. The van der Waals surface area contributed by atoms with Gasteiger partial charge in [0.25, 0.3) is 11.8 Å². The number of carbonyl (C=O) groups excluding carboxylic acids is 2. The fourth-order valence-electron chi connectivity index (χ4n) is 5.63. The molecule has 1 aromatic rings. The van der Waals surface area contributed by atoms with Gasteiger partial charge in [-0.1, -0.05) is 18.2 Å². The second-order valence-corrected chi connectivity index (χ2v) is 9.90. The summed E-state index contributed by atoms with van der Waals surface area (Å²) in [5.41, 5.74) is 1.92. The fraction of sp³-hybridized carbons (Fsp3) is 0.654. The lowest BCUT2D eigenvalue weighted by Gasteiger charge is -2.38. The van der Waals surface area contributed by atoms with Crippen LogP contribution in [0.25, 0.3) is 0 Å². The molecule has 2 saturated heterocycles. The number of hydrogen-bond donors (Lipinski definition) is 0. The molecule has 1 aliphatic carbocycles. The Morgan fingerprint density at radius 2 is 1.91 bits per heavy atom. The number of nitrogens with zero attached hydrogens (tertiary/aromatic N) is 3. The molecule has 6 rings (SSSR count). The first-order valence-corrected chi connectivity index (χ1v) is 12.6. The van der Waals surface area contributed by atoms with Crippen molar-refractivity contribution in [3.8, 4) is 5.75 Å². The number of amides is 2. The fourth-order valence-corrected chi connectivity index (χ4v) is 5.63. The Bertz CT molecular complexity index is 927. The number of fused-ring (bicyclic) bond motifs is 5. The van der Waals surface area contributed by atoms with Gasteiger partial charge < -0.3 is 24.0 Å². The molecule has 2 amide bonds. The molecular weight excluding hydrogens is 434 g/mol. The normalized spacial score (nSPS) is 32.1. The SMILES string of the molecule is CN1CCO[C@H](C(=O)N=C2CCCN3C(=O)COc4ccccc4C4CCC(CC4)OC[C@@H]23)C1. The number of piperidine rings is 1. The van der Waals surface area contributed by atoms with E-state index in [9.17, 15) is 9.59 Å². The van der Waals surface area contributed by atoms with Gasteiger partial charge in [-0.2, -0.15) is 0 Å². The summed E-state index contributed by atoms with van der Waals surface area (Å²) in [6.07, 6.45) is 5.10. The minimum absolute atomic E-state index is 0.0264. The maximum atomic E-state index is 13.3. The zero-order valence-electron chi connectivity index (χ0n) is 20.0. The van der Waals surface area contributed by atoms with Crippen LogP contribution < -0.4 is 4.74 Å². The van der Waals surface area contributed by atoms with E-state index in [0.717, 1.165) is 50.1 Å². The van der Waals surface area contributed by atoms with E-state index in [4.69, 9.17) is 14.2 Å². The topological polar surface area (TPSA) is 80.7 Å². The van der Waals surface area contributed by atoms with Gasteiger partial charge in [0.05, 0.1) is 25.4 Å². The quantitative estimate of drug-likeness (QED) is 0.629. The highest BCUT2D eigenvalue weighted by Gasteiger charge is 2.36. The van der Waals surface area contributed by atoms with Crippen LogP contribution >= 0.6 is 0 Å². The number of morpholine rings is 1. The summed E-state index contributed by atoms with van der Waals surface area (Å²) in [6.45, 7) is 2.82. The molecule has 3 fully saturated rings.